The third kappa shape index (κ3) is 6.15. The van der Waals surface area contributed by atoms with Crippen LogP contribution in [0.3, 0.4) is 0 Å². The van der Waals surface area contributed by atoms with Crippen LogP contribution in [0.1, 0.15) is 93.9 Å². The van der Waals surface area contributed by atoms with Crippen molar-refractivity contribution in [3.8, 4) is 0 Å². The summed E-state index contributed by atoms with van der Waals surface area (Å²) in [6.07, 6.45) is 7.88. The lowest BCUT2D eigenvalue weighted by Gasteiger charge is -2.47. The monoisotopic (exact) mass is 590 g/mol. The molecule has 2 amide bonds. The minimum absolute atomic E-state index is 0.0213. The van der Waals surface area contributed by atoms with Crippen molar-refractivity contribution >= 4 is 29.5 Å². The maximum atomic E-state index is 15.0. The molecule has 2 unspecified atom stereocenters. The molecule has 0 aliphatic carbocycles. The van der Waals surface area contributed by atoms with Crippen LogP contribution in [0.25, 0.3) is 0 Å². The largest absolute Gasteiger partial charge is 0.465 e. The molecule has 0 radical (unpaired) electrons. The number of likely N-dealkylation sites (tertiary alicyclic amines) is 1. The van der Waals surface area contributed by atoms with Gasteiger partial charge >= 0.3 is 5.97 Å². The summed E-state index contributed by atoms with van der Waals surface area (Å²) in [5.74, 6) is -1.98. The number of amides is 2. The summed E-state index contributed by atoms with van der Waals surface area (Å²) in [6.45, 7) is 24.9. The summed E-state index contributed by atoms with van der Waals surface area (Å²) < 4.78 is 4.50. The second-order valence-corrected chi connectivity index (χ2v) is 16.4. The number of aliphatic hydroxyl groups excluding tert-OH is 1. The van der Waals surface area contributed by atoms with Crippen LogP contribution in [0, 0.1) is 23.2 Å². The zero-order valence-corrected chi connectivity index (χ0v) is 27.5. The van der Waals surface area contributed by atoms with Crippen molar-refractivity contribution in [1.29, 1.82) is 0 Å². The zero-order valence-electron chi connectivity index (χ0n) is 26.7. The molecule has 2 bridgehead atoms. The normalized spacial score (nSPS) is 30.6. The number of unbranched alkanes of at least 4 members (excludes halogenated alkanes) is 1. The average molecular weight is 591 g/mol. The van der Waals surface area contributed by atoms with Crippen molar-refractivity contribution in [2.24, 2.45) is 23.2 Å². The van der Waals surface area contributed by atoms with E-state index in [1.807, 2.05) is 18.7 Å². The fourth-order valence-corrected chi connectivity index (χ4v) is 10.3. The molecule has 7 nitrogen and oxygen atoms in total. The van der Waals surface area contributed by atoms with Gasteiger partial charge in [-0.2, -0.15) is 0 Å². The molecule has 7 atom stereocenters. The number of aliphatic hydroxyl groups is 1. The maximum Gasteiger partial charge on any atom is 0.311 e. The predicted octanol–water partition coefficient (Wildman–Crippen LogP) is 5.61. The summed E-state index contributed by atoms with van der Waals surface area (Å²) in [6, 6.07) is -1.30. The number of esters is 1. The summed E-state index contributed by atoms with van der Waals surface area (Å²) in [5, 5.41) is 10.6. The van der Waals surface area contributed by atoms with Crippen LogP contribution in [0.2, 0.25) is 0 Å². The first-order valence-corrected chi connectivity index (χ1v) is 16.2. The lowest BCUT2D eigenvalue weighted by atomic mass is 9.66. The Labute approximate surface area is 252 Å². The Morgan fingerprint density at radius 1 is 1.22 bits per heavy atom. The molecule has 3 saturated heterocycles. The highest BCUT2D eigenvalue weighted by atomic mass is 32.2. The second-order valence-electron chi connectivity index (χ2n) is 14.5. The molecular weight excluding hydrogens is 536 g/mol. The average Bonchev–Trinajstić information content (AvgIpc) is 3.44. The number of allylic oxidation sites excluding steroid dienone is 1. The van der Waals surface area contributed by atoms with Crippen LogP contribution in [-0.4, -0.2) is 79.6 Å². The number of rotatable bonds is 14. The molecule has 3 fully saturated rings. The number of hydrogen-bond donors (Lipinski definition) is 1. The lowest BCUT2D eigenvalue weighted by molar-refractivity contribution is -0.156. The van der Waals surface area contributed by atoms with E-state index in [0.717, 1.165) is 25.7 Å². The molecule has 3 heterocycles. The van der Waals surface area contributed by atoms with E-state index in [2.05, 4.69) is 54.7 Å². The van der Waals surface area contributed by atoms with Crippen LogP contribution < -0.4 is 0 Å². The van der Waals surface area contributed by atoms with E-state index in [4.69, 9.17) is 4.74 Å². The summed E-state index contributed by atoms with van der Waals surface area (Å²) in [7, 11) is 0. The van der Waals surface area contributed by atoms with Gasteiger partial charge in [0.05, 0.1) is 35.8 Å². The molecule has 232 valence electrons. The van der Waals surface area contributed by atoms with Gasteiger partial charge in [0.1, 0.15) is 6.04 Å². The number of thioether (sulfide) groups is 1. The highest BCUT2D eigenvalue weighted by Gasteiger charge is 2.78. The van der Waals surface area contributed by atoms with E-state index >= 15 is 0 Å². The van der Waals surface area contributed by atoms with Crippen molar-refractivity contribution in [2.75, 3.05) is 19.8 Å². The number of carbonyl (C=O) groups excluding carboxylic acids is 3. The fourth-order valence-electron chi connectivity index (χ4n) is 7.97. The van der Waals surface area contributed by atoms with Gasteiger partial charge in [-0.05, 0) is 64.2 Å². The standard InChI is InChI=1S/C33H54N2O5S/c1-11-14-15-19-40-29(39)25-24-27(37)35(23(20-36)22(4)13-3)26(33(24)17-16-32(25,10)41-33)28(38)34(18-12-2)31(8,9)21-30(5,6)7/h11-12,22-26,36H,1-2,13-21H2,3-10H3/t22-,23-,24-,25+,26?,32-,33?/m0/s1. The first-order valence-electron chi connectivity index (χ1n) is 15.4. The van der Waals surface area contributed by atoms with Gasteiger partial charge in [0.2, 0.25) is 11.8 Å². The molecular formula is C33H54N2O5S. The zero-order chi connectivity index (χ0) is 31.0. The minimum atomic E-state index is -0.782. The Hall–Kier alpha value is -1.80. The predicted molar refractivity (Wildman–Crippen MR) is 166 cm³/mol. The van der Waals surface area contributed by atoms with E-state index in [-0.39, 0.29) is 42.3 Å². The SMILES string of the molecule is C=CCCCOC(=O)[C@H]1[C@H]2C(=O)N([C@@H](CO)[C@@H](C)CC)C(C(=O)N(CC=C)C(C)(C)CC(C)(C)C)C23CC[C@]1(C)S3. The van der Waals surface area contributed by atoms with Gasteiger partial charge in [0, 0.05) is 16.8 Å². The van der Waals surface area contributed by atoms with Crippen LogP contribution in [0.15, 0.2) is 25.3 Å². The van der Waals surface area contributed by atoms with Gasteiger partial charge in [-0.3, -0.25) is 14.4 Å². The van der Waals surface area contributed by atoms with E-state index < -0.39 is 39.0 Å². The number of nitrogens with zero attached hydrogens (tertiary/aromatic N) is 2. The van der Waals surface area contributed by atoms with Gasteiger partial charge in [-0.25, -0.2) is 0 Å². The Bertz CT molecular complexity index is 1020. The molecule has 41 heavy (non-hydrogen) atoms. The van der Waals surface area contributed by atoms with Gasteiger partial charge in [-0.15, -0.1) is 24.9 Å². The molecule has 1 N–H and O–H groups in total. The summed E-state index contributed by atoms with van der Waals surface area (Å²) >= 11 is 1.65. The molecule has 3 aliphatic heterocycles. The van der Waals surface area contributed by atoms with Crippen LogP contribution in [0.5, 0.6) is 0 Å². The van der Waals surface area contributed by atoms with Gasteiger partial charge in [0.15, 0.2) is 0 Å². The number of carbonyl (C=O) groups is 3. The quantitative estimate of drug-likeness (QED) is 0.161. The minimum Gasteiger partial charge on any atom is -0.465 e. The molecule has 0 saturated carbocycles. The van der Waals surface area contributed by atoms with Crippen molar-refractivity contribution in [3.05, 3.63) is 25.3 Å². The highest BCUT2D eigenvalue weighted by Crippen LogP contribution is 2.72. The molecule has 0 aromatic rings. The maximum absolute atomic E-state index is 15.0. The topological polar surface area (TPSA) is 87.1 Å². The van der Waals surface area contributed by atoms with Crippen LogP contribution in [0.4, 0.5) is 0 Å². The van der Waals surface area contributed by atoms with Crippen LogP contribution in [-0.2, 0) is 19.1 Å². The van der Waals surface area contributed by atoms with E-state index in [9.17, 15) is 19.5 Å². The highest BCUT2D eigenvalue weighted by molar-refractivity contribution is 8.02. The molecule has 0 aromatic heterocycles. The van der Waals surface area contributed by atoms with E-state index in [1.165, 1.54) is 0 Å². The number of ether oxygens (including phenoxy) is 1. The first kappa shape index (κ1) is 33.7. The Morgan fingerprint density at radius 3 is 2.41 bits per heavy atom. The Morgan fingerprint density at radius 2 is 1.88 bits per heavy atom. The summed E-state index contributed by atoms with van der Waals surface area (Å²) in [4.78, 5) is 46.8. The number of hydrogen-bond acceptors (Lipinski definition) is 6. The third-order valence-electron chi connectivity index (χ3n) is 9.62. The van der Waals surface area contributed by atoms with Gasteiger partial charge in [0.25, 0.3) is 0 Å². The van der Waals surface area contributed by atoms with Crippen molar-refractivity contribution < 1.29 is 24.2 Å². The van der Waals surface area contributed by atoms with Gasteiger partial charge in [-0.1, -0.05) is 53.2 Å². The van der Waals surface area contributed by atoms with E-state index in [0.29, 0.717) is 19.4 Å². The Balaban J connectivity index is 2.14. The van der Waals surface area contributed by atoms with Crippen molar-refractivity contribution in [1.82, 2.24) is 9.80 Å². The molecule has 1 spiro atoms. The fraction of sp³-hybridized carbons (Fsp3) is 0.788. The molecule has 3 rings (SSSR count). The Kier molecular flexibility index (Phi) is 10.2. The smallest absolute Gasteiger partial charge is 0.311 e. The van der Waals surface area contributed by atoms with Gasteiger partial charge < -0.3 is 19.6 Å². The van der Waals surface area contributed by atoms with E-state index in [1.54, 1.807) is 28.8 Å². The molecule has 8 heteroatoms. The second kappa shape index (κ2) is 12.4. The van der Waals surface area contributed by atoms with Crippen molar-refractivity contribution in [2.45, 2.75) is 121 Å². The van der Waals surface area contributed by atoms with Crippen molar-refractivity contribution in [3.63, 3.8) is 0 Å². The molecule has 3 aliphatic rings. The molecule has 0 aromatic carbocycles. The van der Waals surface area contributed by atoms with Crippen LogP contribution >= 0.6 is 11.8 Å². The first-order chi connectivity index (χ1) is 19.0. The third-order valence-corrected chi connectivity index (χ3v) is 11.6. The summed E-state index contributed by atoms with van der Waals surface area (Å²) in [5.41, 5.74) is -0.541. The number of fused-ring (bicyclic) bond motifs is 1. The lowest BCUT2D eigenvalue weighted by Crippen LogP contribution is -2.62.